The van der Waals surface area contributed by atoms with E-state index in [0.717, 1.165) is 37.0 Å². The molecular weight excluding hydrogens is 176 g/mol. The van der Waals surface area contributed by atoms with Gasteiger partial charge in [-0.2, -0.15) is 0 Å². The first kappa shape index (κ1) is 9.21. The van der Waals surface area contributed by atoms with Gasteiger partial charge in [0.05, 0.1) is 0 Å². The van der Waals surface area contributed by atoms with Crippen LogP contribution in [-0.4, -0.2) is 13.0 Å². The first-order chi connectivity index (χ1) is 6.85. The molecule has 1 amide bonds. The molecule has 74 valence electrons. The highest BCUT2D eigenvalue weighted by Gasteiger charge is 2.15. The summed E-state index contributed by atoms with van der Waals surface area (Å²) in [7, 11) is 0. The second-order valence-corrected chi connectivity index (χ2v) is 3.57. The van der Waals surface area contributed by atoms with Crippen molar-refractivity contribution in [3.63, 3.8) is 0 Å². The van der Waals surface area contributed by atoms with Gasteiger partial charge in [-0.25, -0.2) is 0 Å². The molecule has 0 aromatic heterocycles. The predicted octanol–water partition coefficient (Wildman–Crippen LogP) is 1.05. The minimum Gasteiger partial charge on any atom is -0.326 e. The Bertz CT molecular complexity index is 349. The fourth-order valence-corrected chi connectivity index (χ4v) is 1.92. The molecule has 0 fully saturated rings. The number of nitrogens with zero attached hydrogens (tertiary/aromatic N) is 1. The van der Waals surface area contributed by atoms with Crippen LogP contribution in [0.3, 0.4) is 0 Å². The molecule has 1 aliphatic rings. The Labute approximate surface area is 83.5 Å². The van der Waals surface area contributed by atoms with Gasteiger partial charge in [0, 0.05) is 18.8 Å². The van der Waals surface area contributed by atoms with Crippen molar-refractivity contribution in [3.8, 4) is 0 Å². The summed E-state index contributed by atoms with van der Waals surface area (Å²) in [4.78, 5) is 12.5. The second-order valence-electron chi connectivity index (χ2n) is 3.57. The van der Waals surface area contributed by atoms with Crippen molar-refractivity contribution in [2.45, 2.75) is 19.4 Å². The van der Waals surface area contributed by atoms with Crippen LogP contribution in [0.2, 0.25) is 0 Å². The molecule has 0 radical (unpaired) electrons. The van der Waals surface area contributed by atoms with Gasteiger partial charge in [-0.1, -0.05) is 12.1 Å². The number of fused-ring (bicyclic) bond motifs is 1. The lowest BCUT2D eigenvalue weighted by molar-refractivity contribution is -0.107. The van der Waals surface area contributed by atoms with Gasteiger partial charge in [0.1, 0.15) is 0 Å². The minimum absolute atomic E-state index is 0.564. The average Bonchev–Trinajstić information content (AvgIpc) is 2.27. The third-order valence-electron chi connectivity index (χ3n) is 2.66. The molecule has 3 nitrogen and oxygen atoms in total. The van der Waals surface area contributed by atoms with Crippen molar-refractivity contribution in [3.05, 3.63) is 29.3 Å². The van der Waals surface area contributed by atoms with E-state index in [2.05, 4.69) is 6.07 Å². The van der Waals surface area contributed by atoms with E-state index >= 15 is 0 Å². The smallest absolute Gasteiger partial charge is 0.214 e. The van der Waals surface area contributed by atoms with Crippen LogP contribution in [0.15, 0.2) is 18.2 Å². The Hall–Kier alpha value is -1.35. The Kier molecular flexibility index (Phi) is 2.50. The zero-order chi connectivity index (χ0) is 9.97. The van der Waals surface area contributed by atoms with Crippen molar-refractivity contribution in [2.24, 2.45) is 5.73 Å². The number of benzene rings is 1. The second kappa shape index (κ2) is 3.80. The van der Waals surface area contributed by atoms with Crippen molar-refractivity contribution in [1.82, 2.24) is 0 Å². The highest BCUT2D eigenvalue weighted by Crippen LogP contribution is 2.26. The Balaban J connectivity index is 2.40. The van der Waals surface area contributed by atoms with E-state index in [1.165, 1.54) is 5.56 Å². The van der Waals surface area contributed by atoms with Crippen molar-refractivity contribution in [2.75, 3.05) is 11.4 Å². The summed E-state index contributed by atoms with van der Waals surface area (Å²) in [6.45, 7) is 1.40. The summed E-state index contributed by atoms with van der Waals surface area (Å²) in [6.07, 6.45) is 2.99. The lowest BCUT2D eigenvalue weighted by Gasteiger charge is -2.26. The summed E-state index contributed by atoms with van der Waals surface area (Å²) in [5, 5.41) is 0. The third kappa shape index (κ3) is 1.51. The molecule has 2 N–H and O–H groups in total. The number of nitrogens with two attached hydrogens (primary N) is 1. The first-order valence-corrected chi connectivity index (χ1v) is 4.89. The Morgan fingerprint density at radius 1 is 1.50 bits per heavy atom. The van der Waals surface area contributed by atoms with Gasteiger partial charge in [0.2, 0.25) is 6.41 Å². The molecule has 0 saturated carbocycles. The van der Waals surface area contributed by atoms with Crippen LogP contribution in [0.5, 0.6) is 0 Å². The number of hydrogen-bond acceptors (Lipinski definition) is 2. The van der Waals surface area contributed by atoms with Crippen molar-refractivity contribution < 1.29 is 4.79 Å². The fourth-order valence-electron chi connectivity index (χ4n) is 1.92. The molecule has 0 saturated heterocycles. The normalized spacial score (nSPS) is 15.1. The van der Waals surface area contributed by atoms with E-state index < -0.39 is 0 Å². The van der Waals surface area contributed by atoms with Crippen LogP contribution in [0.4, 0.5) is 5.69 Å². The molecule has 0 aliphatic carbocycles. The van der Waals surface area contributed by atoms with Crippen LogP contribution in [0.25, 0.3) is 0 Å². The molecule has 14 heavy (non-hydrogen) atoms. The number of hydrogen-bond donors (Lipinski definition) is 1. The van der Waals surface area contributed by atoms with Crippen LogP contribution in [-0.2, 0) is 17.8 Å². The van der Waals surface area contributed by atoms with Crippen LogP contribution in [0, 0.1) is 0 Å². The van der Waals surface area contributed by atoms with Gasteiger partial charge in [0.15, 0.2) is 0 Å². The maximum Gasteiger partial charge on any atom is 0.214 e. The highest BCUT2D eigenvalue weighted by atomic mass is 16.1. The maximum absolute atomic E-state index is 10.8. The molecule has 3 heteroatoms. The maximum atomic E-state index is 10.8. The van der Waals surface area contributed by atoms with Crippen LogP contribution >= 0.6 is 0 Å². The van der Waals surface area contributed by atoms with Crippen molar-refractivity contribution >= 4 is 12.1 Å². The van der Waals surface area contributed by atoms with Gasteiger partial charge < -0.3 is 10.6 Å². The quantitative estimate of drug-likeness (QED) is 0.709. The van der Waals surface area contributed by atoms with Crippen molar-refractivity contribution in [1.29, 1.82) is 0 Å². The standard InChI is InChI=1S/C11H14N2O/c12-7-9-3-4-11-10(6-9)2-1-5-13(11)8-14/h3-4,6,8H,1-2,5,7,12H2. The third-order valence-corrected chi connectivity index (χ3v) is 2.66. The number of aryl methyl sites for hydroxylation is 1. The SMILES string of the molecule is NCc1ccc2c(c1)CCCN2C=O. The number of rotatable bonds is 2. The van der Waals surface area contributed by atoms with Gasteiger partial charge >= 0.3 is 0 Å². The summed E-state index contributed by atoms with van der Waals surface area (Å²) in [6, 6.07) is 6.08. The molecule has 0 bridgehead atoms. The van der Waals surface area contributed by atoms with E-state index in [1.807, 2.05) is 12.1 Å². The number of anilines is 1. The molecule has 0 spiro atoms. The van der Waals surface area contributed by atoms with Gasteiger partial charge in [-0.05, 0) is 30.0 Å². The van der Waals surface area contributed by atoms with Crippen LogP contribution < -0.4 is 10.6 Å². The first-order valence-electron chi connectivity index (χ1n) is 4.89. The van der Waals surface area contributed by atoms with Gasteiger partial charge in [-0.15, -0.1) is 0 Å². The molecule has 1 heterocycles. The lowest BCUT2D eigenvalue weighted by Crippen LogP contribution is -2.27. The van der Waals surface area contributed by atoms with E-state index in [1.54, 1.807) is 4.90 Å². The number of amides is 1. The number of carbonyl (C=O) groups excluding carboxylic acids is 1. The lowest BCUT2D eigenvalue weighted by atomic mass is 10.00. The summed E-state index contributed by atoms with van der Waals surface area (Å²) < 4.78 is 0. The molecule has 2 rings (SSSR count). The van der Waals surface area contributed by atoms with Gasteiger partial charge in [-0.3, -0.25) is 4.79 Å². The molecule has 0 atom stereocenters. The molecule has 1 aromatic rings. The highest BCUT2D eigenvalue weighted by molar-refractivity contribution is 5.78. The monoisotopic (exact) mass is 190 g/mol. The van der Waals surface area contributed by atoms with Gasteiger partial charge in [0.25, 0.3) is 0 Å². The van der Waals surface area contributed by atoms with E-state index in [0.29, 0.717) is 6.54 Å². The largest absolute Gasteiger partial charge is 0.326 e. The molecule has 1 aromatic carbocycles. The average molecular weight is 190 g/mol. The van der Waals surface area contributed by atoms with E-state index in [4.69, 9.17) is 5.73 Å². The minimum atomic E-state index is 0.564. The molecule has 1 aliphatic heterocycles. The summed E-state index contributed by atoms with van der Waals surface area (Å²) >= 11 is 0. The molecular formula is C11H14N2O. The Morgan fingerprint density at radius 3 is 3.07 bits per heavy atom. The van der Waals surface area contributed by atoms with E-state index in [-0.39, 0.29) is 0 Å². The molecule has 0 unspecified atom stereocenters. The zero-order valence-electron chi connectivity index (χ0n) is 8.07. The predicted molar refractivity (Wildman–Crippen MR) is 56.1 cm³/mol. The van der Waals surface area contributed by atoms with Crippen LogP contribution in [0.1, 0.15) is 17.5 Å². The zero-order valence-corrected chi connectivity index (χ0v) is 8.07. The summed E-state index contributed by atoms with van der Waals surface area (Å²) in [5.74, 6) is 0. The topological polar surface area (TPSA) is 46.3 Å². The fraction of sp³-hybridized carbons (Fsp3) is 0.364. The number of carbonyl (C=O) groups is 1. The van der Waals surface area contributed by atoms with E-state index in [9.17, 15) is 4.79 Å². The Morgan fingerprint density at radius 2 is 2.36 bits per heavy atom. The summed E-state index contributed by atoms with van der Waals surface area (Å²) in [5.41, 5.74) is 8.99.